The van der Waals surface area contributed by atoms with Crippen LogP contribution in [0.3, 0.4) is 0 Å². The van der Waals surface area contributed by atoms with Gasteiger partial charge < -0.3 is 24.1 Å². The average Bonchev–Trinajstić information content (AvgIpc) is 3.07. The molecule has 0 radical (unpaired) electrons. The number of methoxy groups -OCH3 is 1. The predicted molar refractivity (Wildman–Crippen MR) is 80.7 cm³/mol. The van der Waals surface area contributed by atoms with Gasteiger partial charge >= 0.3 is 6.03 Å². The fraction of sp³-hybridized carbons (Fsp3) is 0.688. The minimum atomic E-state index is -0.0813. The molecule has 2 aliphatic rings. The zero-order chi connectivity index (χ0) is 15.5. The zero-order valence-corrected chi connectivity index (χ0v) is 13.2. The van der Waals surface area contributed by atoms with E-state index in [1.807, 2.05) is 12.1 Å². The lowest BCUT2D eigenvalue weighted by atomic mass is 10.3. The number of carbonyl (C=O) groups is 1. The van der Waals surface area contributed by atoms with E-state index in [0.717, 1.165) is 17.4 Å². The summed E-state index contributed by atoms with van der Waals surface area (Å²) in [5, 5.41) is 2.91. The summed E-state index contributed by atoms with van der Waals surface area (Å²) in [6.45, 7) is 4.87. The lowest BCUT2D eigenvalue weighted by Gasteiger charge is -2.32. The number of hydrogen-bond acceptors (Lipinski definition) is 4. The van der Waals surface area contributed by atoms with Gasteiger partial charge in [0, 0.05) is 19.6 Å². The van der Waals surface area contributed by atoms with E-state index in [1.54, 1.807) is 12.0 Å². The van der Waals surface area contributed by atoms with Gasteiger partial charge in [-0.1, -0.05) is 6.92 Å². The van der Waals surface area contributed by atoms with Crippen molar-refractivity contribution in [3.8, 4) is 0 Å². The number of morpholine rings is 1. The van der Waals surface area contributed by atoms with Crippen LogP contribution in [0.1, 0.15) is 30.8 Å². The van der Waals surface area contributed by atoms with Crippen LogP contribution >= 0.6 is 0 Å². The van der Waals surface area contributed by atoms with Crippen LogP contribution in [0.15, 0.2) is 16.5 Å². The van der Waals surface area contributed by atoms with Crippen molar-refractivity contribution < 1.29 is 18.7 Å². The molecule has 2 heterocycles. The van der Waals surface area contributed by atoms with Gasteiger partial charge in [0.05, 0.1) is 32.4 Å². The van der Waals surface area contributed by atoms with Crippen LogP contribution < -0.4 is 5.32 Å². The smallest absolute Gasteiger partial charge is 0.317 e. The Hall–Kier alpha value is -1.53. The zero-order valence-electron chi connectivity index (χ0n) is 13.2. The van der Waals surface area contributed by atoms with Crippen molar-refractivity contribution in [1.82, 2.24) is 10.2 Å². The largest absolute Gasteiger partial charge is 0.464 e. The monoisotopic (exact) mass is 308 g/mol. The maximum absolute atomic E-state index is 12.2. The molecule has 1 aliphatic carbocycles. The van der Waals surface area contributed by atoms with Crippen molar-refractivity contribution in [3.05, 3.63) is 23.7 Å². The second kappa shape index (κ2) is 6.71. The summed E-state index contributed by atoms with van der Waals surface area (Å²) < 4.78 is 16.4. The fourth-order valence-electron chi connectivity index (χ4n) is 2.87. The molecular formula is C16H24N2O4. The van der Waals surface area contributed by atoms with Gasteiger partial charge in [-0.3, -0.25) is 0 Å². The fourth-order valence-corrected chi connectivity index (χ4v) is 2.87. The Kier molecular flexibility index (Phi) is 4.69. The average molecular weight is 308 g/mol. The molecule has 0 bridgehead atoms. The molecule has 6 nitrogen and oxygen atoms in total. The number of nitrogens with zero attached hydrogens (tertiary/aromatic N) is 1. The number of hydrogen-bond donors (Lipinski definition) is 1. The Morgan fingerprint density at radius 1 is 1.50 bits per heavy atom. The highest BCUT2D eigenvalue weighted by Gasteiger charge is 2.36. The van der Waals surface area contributed by atoms with Gasteiger partial charge in [-0.05, 0) is 24.5 Å². The molecule has 22 heavy (non-hydrogen) atoms. The predicted octanol–water partition coefficient (Wildman–Crippen LogP) is 1.96. The second-order valence-electron chi connectivity index (χ2n) is 6.18. The maximum atomic E-state index is 12.2. The van der Waals surface area contributed by atoms with Crippen molar-refractivity contribution in [1.29, 1.82) is 0 Å². The van der Waals surface area contributed by atoms with Gasteiger partial charge in [0.25, 0.3) is 0 Å². The van der Waals surface area contributed by atoms with Crippen LogP contribution in [-0.2, 0) is 16.0 Å². The lowest BCUT2D eigenvalue weighted by molar-refractivity contribution is -0.0494. The molecule has 6 heteroatoms. The topological polar surface area (TPSA) is 63.9 Å². The van der Waals surface area contributed by atoms with Gasteiger partial charge in [0.15, 0.2) is 0 Å². The summed E-state index contributed by atoms with van der Waals surface area (Å²) in [5.41, 5.74) is 0. The van der Waals surface area contributed by atoms with Crippen molar-refractivity contribution in [2.45, 2.75) is 31.9 Å². The van der Waals surface area contributed by atoms with E-state index >= 15 is 0 Å². The van der Waals surface area contributed by atoms with Crippen LogP contribution in [0.25, 0.3) is 0 Å². The van der Waals surface area contributed by atoms with Gasteiger partial charge in [-0.15, -0.1) is 0 Å². The first kappa shape index (κ1) is 15.4. The highest BCUT2D eigenvalue weighted by molar-refractivity contribution is 5.74. The molecule has 3 rings (SSSR count). The number of nitrogens with one attached hydrogen (secondary N) is 1. The normalized spacial score (nSPS) is 27.7. The first-order valence-corrected chi connectivity index (χ1v) is 7.89. The van der Waals surface area contributed by atoms with Crippen LogP contribution in [-0.4, -0.2) is 50.4 Å². The van der Waals surface area contributed by atoms with Gasteiger partial charge in [0.2, 0.25) is 0 Å². The summed E-state index contributed by atoms with van der Waals surface area (Å²) in [6, 6.07) is 3.90. The van der Waals surface area contributed by atoms with E-state index < -0.39 is 0 Å². The number of carbonyl (C=O) groups excluding carboxylic acids is 1. The van der Waals surface area contributed by atoms with E-state index in [-0.39, 0.29) is 12.1 Å². The molecule has 1 aromatic heterocycles. The minimum Gasteiger partial charge on any atom is -0.464 e. The third kappa shape index (κ3) is 3.62. The molecule has 2 fully saturated rings. The van der Waals surface area contributed by atoms with Crippen LogP contribution in [0.5, 0.6) is 0 Å². The molecule has 0 spiro atoms. The van der Waals surface area contributed by atoms with Gasteiger partial charge in [-0.25, -0.2) is 4.79 Å². The summed E-state index contributed by atoms with van der Waals surface area (Å²) in [4.78, 5) is 14.0. The summed E-state index contributed by atoms with van der Waals surface area (Å²) in [6.07, 6.45) is 1.16. The van der Waals surface area contributed by atoms with Gasteiger partial charge in [0.1, 0.15) is 11.5 Å². The lowest BCUT2D eigenvalue weighted by Crippen LogP contribution is -2.50. The van der Waals surface area contributed by atoms with Crippen molar-refractivity contribution in [2.75, 3.05) is 33.4 Å². The second-order valence-corrected chi connectivity index (χ2v) is 6.18. The molecular weight excluding hydrogens is 284 g/mol. The number of ether oxygens (including phenoxy) is 2. The molecule has 1 N–H and O–H groups in total. The summed E-state index contributed by atoms with van der Waals surface area (Å²) in [7, 11) is 1.64. The minimum absolute atomic E-state index is 0.0453. The van der Waals surface area contributed by atoms with Crippen molar-refractivity contribution in [3.63, 3.8) is 0 Å². The Bertz CT molecular complexity index is 514. The SMILES string of the molecule is COC[C@@H]1CN(C(=O)NCc2ccc([C@H]3C[C@H]3C)o2)CCO1. The van der Waals surface area contributed by atoms with Crippen LogP contribution in [0.4, 0.5) is 4.79 Å². The Balaban J connectivity index is 1.46. The van der Waals surface area contributed by atoms with Gasteiger partial charge in [-0.2, -0.15) is 0 Å². The number of furan rings is 1. The number of rotatable bonds is 5. The van der Waals surface area contributed by atoms with E-state index in [4.69, 9.17) is 13.9 Å². The van der Waals surface area contributed by atoms with E-state index in [1.165, 1.54) is 6.42 Å². The Morgan fingerprint density at radius 3 is 3.05 bits per heavy atom. The van der Waals surface area contributed by atoms with Crippen molar-refractivity contribution >= 4 is 6.03 Å². The molecule has 1 aromatic rings. The number of amides is 2. The third-order valence-electron chi connectivity index (χ3n) is 4.35. The van der Waals surface area contributed by atoms with Crippen LogP contribution in [0.2, 0.25) is 0 Å². The first-order chi connectivity index (χ1) is 10.7. The molecule has 3 atom stereocenters. The molecule has 1 saturated carbocycles. The van der Waals surface area contributed by atoms with E-state index in [2.05, 4.69) is 12.2 Å². The number of urea groups is 1. The highest BCUT2D eigenvalue weighted by atomic mass is 16.5. The third-order valence-corrected chi connectivity index (χ3v) is 4.35. The highest BCUT2D eigenvalue weighted by Crippen LogP contribution is 2.47. The quantitative estimate of drug-likeness (QED) is 0.903. The van der Waals surface area contributed by atoms with E-state index in [9.17, 15) is 4.79 Å². The molecule has 0 aromatic carbocycles. The van der Waals surface area contributed by atoms with Crippen molar-refractivity contribution in [2.24, 2.45) is 5.92 Å². The maximum Gasteiger partial charge on any atom is 0.317 e. The standard InChI is InChI=1S/C16H24N2O4/c1-11-7-14(11)15-4-3-12(22-15)8-17-16(19)18-5-6-21-13(9-18)10-20-2/h3-4,11,13-14H,5-10H2,1-2H3,(H,17,19)/t11-,13+,14+/m1/s1. The first-order valence-electron chi connectivity index (χ1n) is 7.89. The molecule has 0 unspecified atom stereocenters. The molecule has 122 valence electrons. The van der Waals surface area contributed by atoms with Crippen LogP contribution in [0, 0.1) is 5.92 Å². The summed E-state index contributed by atoms with van der Waals surface area (Å²) in [5.74, 6) is 3.14. The molecule has 2 amide bonds. The molecule has 1 aliphatic heterocycles. The molecule has 1 saturated heterocycles. The summed E-state index contributed by atoms with van der Waals surface area (Å²) >= 11 is 0. The van der Waals surface area contributed by atoms with E-state index in [0.29, 0.717) is 38.8 Å². The Labute approximate surface area is 130 Å². The Morgan fingerprint density at radius 2 is 2.32 bits per heavy atom.